The number of ether oxygens (including phenoxy) is 2. The quantitative estimate of drug-likeness (QED) is 0.610. The molecule has 0 heterocycles. The maximum absolute atomic E-state index is 11.5. The average Bonchev–Trinajstić information content (AvgIpc) is 2.29. The molecule has 0 amide bonds. The van der Waals surface area contributed by atoms with E-state index in [1.807, 2.05) is 0 Å². The number of rotatable bonds is 5. The monoisotopic (exact) mass is 270 g/mol. The average molecular weight is 271 g/mol. The van der Waals surface area contributed by atoms with Crippen LogP contribution in [-0.2, 0) is 4.74 Å². The van der Waals surface area contributed by atoms with Crippen molar-refractivity contribution < 1.29 is 14.3 Å². The van der Waals surface area contributed by atoms with Crippen molar-refractivity contribution in [1.29, 1.82) is 0 Å². The molecule has 0 saturated heterocycles. The lowest BCUT2D eigenvalue weighted by molar-refractivity contribution is 0.0887. The van der Waals surface area contributed by atoms with Gasteiger partial charge in [0, 0.05) is 10.5 Å². The van der Waals surface area contributed by atoms with Crippen molar-refractivity contribution in [2.75, 3.05) is 13.7 Å². The molecule has 0 aromatic heterocycles. The zero-order valence-electron chi connectivity index (χ0n) is 8.27. The van der Waals surface area contributed by atoms with E-state index in [0.717, 1.165) is 5.75 Å². The van der Waals surface area contributed by atoms with Crippen LogP contribution in [0.2, 0.25) is 0 Å². The fraction of sp³-hybridized carbons (Fsp3) is 0.182. The van der Waals surface area contributed by atoms with Gasteiger partial charge in [-0.25, -0.2) is 0 Å². The second kappa shape index (κ2) is 6.24. The Morgan fingerprint density at radius 3 is 2.60 bits per heavy atom. The van der Waals surface area contributed by atoms with Crippen molar-refractivity contribution in [2.24, 2.45) is 0 Å². The number of hydrogen-bond acceptors (Lipinski definition) is 3. The molecule has 0 bridgehead atoms. The molecule has 0 radical (unpaired) electrons. The van der Waals surface area contributed by atoms with Crippen LogP contribution >= 0.6 is 15.9 Å². The number of carbonyl (C=O) groups is 1. The zero-order valence-corrected chi connectivity index (χ0v) is 9.86. The van der Waals surface area contributed by atoms with Crippen LogP contribution in [0.15, 0.2) is 35.5 Å². The standard InChI is InChI=1S/C11H11BrO3/c1-14-10-4-2-9(3-5-10)11(13)8-15-7-6-12/h2-7H,8H2,1H3. The molecule has 0 aliphatic carbocycles. The van der Waals surface area contributed by atoms with Crippen LogP contribution in [0, 0.1) is 0 Å². The maximum Gasteiger partial charge on any atom is 0.200 e. The van der Waals surface area contributed by atoms with Gasteiger partial charge in [0.2, 0.25) is 0 Å². The third kappa shape index (κ3) is 3.75. The molecule has 1 aromatic carbocycles. The molecule has 1 aromatic rings. The fourth-order valence-corrected chi connectivity index (χ4v) is 1.17. The van der Waals surface area contributed by atoms with Gasteiger partial charge < -0.3 is 9.47 Å². The summed E-state index contributed by atoms with van der Waals surface area (Å²) >= 11 is 3.04. The molecule has 15 heavy (non-hydrogen) atoms. The molecule has 1 rings (SSSR count). The maximum atomic E-state index is 11.5. The van der Waals surface area contributed by atoms with Crippen LogP contribution in [-0.4, -0.2) is 19.5 Å². The van der Waals surface area contributed by atoms with E-state index in [2.05, 4.69) is 15.9 Å². The van der Waals surface area contributed by atoms with Gasteiger partial charge in [-0.1, -0.05) is 15.9 Å². The van der Waals surface area contributed by atoms with E-state index in [4.69, 9.17) is 9.47 Å². The summed E-state index contributed by atoms with van der Waals surface area (Å²) in [5, 5.41) is 0. The van der Waals surface area contributed by atoms with Crippen LogP contribution in [0.25, 0.3) is 0 Å². The Bertz CT molecular complexity index is 343. The first-order chi connectivity index (χ1) is 7.27. The molecule has 0 fully saturated rings. The third-order valence-corrected chi connectivity index (χ3v) is 1.99. The van der Waals surface area contributed by atoms with Crippen molar-refractivity contribution in [2.45, 2.75) is 0 Å². The first kappa shape index (κ1) is 11.8. The number of methoxy groups -OCH3 is 1. The van der Waals surface area contributed by atoms with Gasteiger partial charge in [-0.15, -0.1) is 0 Å². The summed E-state index contributed by atoms with van der Waals surface area (Å²) in [4.78, 5) is 13.1. The molecule has 80 valence electrons. The Kier molecular flexibility index (Phi) is 4.90. The van der Waals surface area contributed by atoms with Gasteiger partial charge in [0.05, 0.1) is 13.4 Å². The lowest BCUT2D eigenvalue weighted by Gasteiger charge is -2.02. The molecule has 3 nitrogen and oxygen atoms in total. The minimum atomic E-state index is -0.0664. The van der Waals surface area contributed by atoms with E-state index >= 15 is 0 Å². The Labute approximate surface area is 96.8 Å². The Morgan fingerprint density at radius 2 is 2.07 bits per heavy atom. The lowest BCUT2D eigenvalue weighted by atomic mass is 10.1. The third-order valence-electron chi connectivity index (χ3n) is 1.77. The topological polar surface area (TPSA) is 35.5 Å². The van der Waals surface area contributed by atoms with Gasteiger partial charge in [0.15, 0.2) is 12.4 Å². The predicted octanol–water partition coefficient (Wildman–Crippen LogP) is 2.76. The van der Waals surface area contributed by atoms with Gasteiger partial charge in [-0.2, -0.15) is 0 Å². The number of benzene rings is 1. The van der Waals surface area contributed by atoms with Crippen molar-refractivity contribution in [1.82, 2.24) is 0 Å². The fourth-order valence-electron chi connectivity index (χ4n) is 1.02. The number of ketones is 1. The van der Waals surface area contributed by atoms with E-state index in [9.17, 15) is 4.79 Å². The van der Waals surface area contributed by atoms with Crippen molar-refractivity contribution >= 4 is 21.7 Å². The first-order valence-corrected chi connectivity index (χ1v) is 5.23. The normalized spacial score (nSPS) is 10.3. The van der Waals surface area contributed by atoms with Crippen LogP contribution in [0.3, 0.4) is 0 Å². The van der Waals surface area contributed by atoms with E-state index < -0.39 is 0 Å². The summed E-state index contributed by atoms with van der Waals surface area (Å²) in [6.45, 7) is 0.0361. The largest absolute Gasteiger partial charge is 0.497 e. The van der Waals surface area contributed by atoms with Gasteiger partial charge in [-0.3, -0.25) is 4.79 Å². The van der Waals surface area contributed by atoms with Crippen LogP contribution in [0.4, 0.5) is 0 Å². The summed E-state index contributed by atoms with van der Waals surface area (Å²) in [6.07, 6.45) is 1.42. The van der Waals surface area contributed by atoms with Gasteiger partial charge >= 0.3 is 0 Å². The second-order valence-electron chi connectivity index (χ2n) is 2.72. The van der Waals surface area contributed by atoms with Gasteiger partial charge in [0.25, 0.3) is 0 Å². The van der Waals surface area contributed by atoms with Crippen LogP contribution in [0.5, 0.6) is 5.75 Å². The lowest BCUT2D eigenvalue weighted by Crippen LogP contribution is -2.06. The van der Waals surface area contributed by atoms with Crippen molar-refractivity contribution in [3.63, 3.8) is 0 Å². The van der Waals surface area contributed by atoms with E-state index in [1.54, 1.807) is 36.4 Å². The highest BCUT2D eigenvalue weighted by atomic mass is 79.9. The smallest absolute Gasteiger partial charge is 0.200 e. The highest BCUT2D eigenvalue weighted by Gasteiger charge is 2.05. The molecule has 0 atom stereocenters. The molecule has 0 N–H and O–H groups in total. The summed E-state index contributed by atoms with van der Waals surface area (Å²) in [6, 6.07) is 6.91. The molecule has 0 unspecified atom stereocenters. The number of Topliss-reactive ketones (excluding diaryl/α,β-unsaturated/α-hetero) is 1. The molecule has 4 heteroatoms. The van der Waals surface area contributed by atoms with Crippen LogP contribution in [0.1, 0.15) is 10.4 Å². The van der Waals surface area contributed by atoms with E-state index in [1.165, 1.54) is 6.26 Å². The molecular weight excluding hydrogens is 260 g/mol. The van der Waals surface area contributed by atoms with E-state index in [0.29, 0.717) is 5.56 Å². The molecule has 0 aliphatic rings. The summed E-state index contributed by atoms with van der Waals surface area (Å²) < 4.78 is 9.93. The Morgan fingerprint density at radius 1 is 1.40 bits per heavy atom. The molecule has 0 spiro atoms. The van der Waals surface area contributed by atoms with Gasteiger partial charge in [-0.05, 0) is 24.3 Å². The molecule has 0 saturated carbocycles. The van der Waals surface area contributed by atoms with Gasteiger partial charge in [0.1, 0.15) is 5.75 Å². The SMILES string of the molecule is COc1ccc(C(=O)COC=CBr)cc1. The minimum Gasteiger partial charge on any atom is -0.497 e. The number of hydrogen-bond donors (Lipinski definition) is 0. The second-order valence-corrected chi connectivity index (χ2v) is 3.25. The number of carbonyl (C=O) groups excluding carboxylic acids is 1. The highest BCUT2D eigenvalue weighted by Crippen LogP contribution is 2.11. The zero-order chi connectivity index (χ0) is 11.1. The highest BCUT2D eigenvalue weighted by molar-refractivity contribution is 9.11. The van der Waals surface area contributed by atoms with E-state index in [-0.39, 0.29) is 12.4 Å². The Hall–Kier alpha value is -1.29. The Balaban J connectivity index is 2.58. The van der Waals surface area contributed by atoms with Crippen molar-refractivity contribution in [3.8, 4) is 5.75 Å². The number of halogens is 1. The molecular formula is C11H11BrO3. The van der Waals surface area contributed by atoms with Crippen LogP contribution < -0.4 is 4.74 Å². The predicted molar refractivity (Wildman–Crippen MR) is 61.3 cm³/mol. The summed E-state index contributed by atoms with van der Waals surface area (Å²) in [5.41, 5.74) is 0.610. The first-order valence-electron chi connectivity index (χ1n) is 4.32. The summed E-state index contributed by atoms with van der Waals surface area (Å²) in [7, 11) is 1.58. The minimum absolute atomic E-state index is 0.0361. The summed E-state index contributed by atoms with van der Waals surface area (Å²) in [5.74, 6) is 0.663. The molecule has 0 aliphatic heterocycles. The van der Waals surface area contributed by atoms with Crippen molar-refractivity contribution in [3.05, 3.63) is 41.1 Å².